The van der Waals surface area contributed by atoms with Gasteiger partial charge >= 0.3 is 0 Å². The first-order valence-electron chi connectivity index (χ1n) is 7.74. The summed E-state index contributed by atoms with van der Waals surface area (Å²) in [7, 11) is 0. The first-order chi connectivity index (χ1) is 10.1. The Kier molecular flexibility index (Phi) is 4.06. The second-order valence-corrected chi connectivity index (χ2v) is 6.15. The van der Waals surface area contributed by atoms with Gasteiger partial charge in [0.05, 0.1) is 0 Å². The van der Waals surface area contributed by atoms with E-state index in [9.17, 15) is 14.7 Å². The maximum Gasteiger partial charge on any atom is 0.221 e. The fraction of sp³-hybridized carbons (Fsp3) is 0.529. The predicted molar refractivity (Wildman–Crippen MR) is 78.7 cm³/mol. The lowest BCUT2D eigenvalue weighted by Gasteiger charge is -2.30. The van der Waals surface area contributed by atoms with E-state index in [1.807, 2.05) is 24.3 Å². The first-order valence-corrected chi connectivity index (χ1v) is 7.74. The molecular weight excluding hydrogens is 266 g/mol. The number of aliphatic hydroxyl groups is 1. The van der Waals surface area contributed by atoms with Crippen molar-refractivity contribution in [1.82, 2.24) is 5.32 Å². The van der Waals surface area contributed by atoms with Crippen LogP contribution >= 0.6 is 0 Å². The third-order valence-electron chi connectivity index (χ3n) is 4.80. The van der Waals surface area contributed by atoms with Gasteiger partial charge in [0.2, 0.25) is 5.91 Å². The predicted octanol–water partition coefficient (Wildman–Crippen LogP) is 2.06. The molecule has 21 heavy (non-hydrogen) atoms. The fourth-order valence-corrected chi connectivity index (χ4v) is 3.48. The highest BCUT2D eigenvalue weighted by Crippen LogP contribution is 2.31. The molecule has 0 radical (unpaired) electrons. The molecule has 0 aromatic heterocycles. The summed E-state index contributed by atoms with van der Waals surface area (Å²) in [5, 5.41) is 12.5. The Morgan fingerprint density at radius 2 is 1.90 bits per heavy atom. The highest BCUT2D eigenvalue weighted by atomic mass is 16.3. The van der Waals surface area contributed by atoms with Gasteiger partial charge in [0.15, 0.2) is 5.78 Å². The topological polar surface area (TPSA) is 66.4 Å². The second-order valence-electron chi connectivity index (χ2n) is 6.15. The minimum atomic E-state index is -0.753. The van der Waals surface area contributed by atoms with Crippen LogP contribution in [0.1, 0.15) is 48.0 Å². The molecule has 3 unspecified atom stereocenters. The second kappa shape index (κ2) is 5.98. The zero-order chi connectivity index (χ0) is 14.8. The van der Waals surface area contributed by atoms with Crippen molar-refractivity contribution in [2.24, 2.45) is 11.8 Å². The molecule has 1 aromatic rings. The molecule has 4 heteroatoms. The Morgan fingerprint density at radius 3 is 2.71 bits per heavy atom. The number of aliphatic hydroxyl groups excluding tert-OH is 1. The van der Waals surface area contributed by atoms with E-state index in [1.165, 1.54) is 0 Å². The molecule has 3 rings (SSSR count). The number of Topliss-reactive ketones (excluding diaryl/α,β-unsaturated/α-hetero) is 1. The SMILES string of the molecule is O=C1CCC(CCC2CCc3ccccc3C2=O)C(O)N1. The van der Waals surface area contributed by atoms with Gasteiger partial charge in [-0.2, -0.15) is 0 Å². The molecule has 0 saturated carbocycles. The minimum Gasteiger partial charge on any atom is -0.373 e. The van der Waals surface area contributed by atoms with Gasteiger partial charge in [0.1, 0.15) is 6.23 Å². The molecule has 1 saturated heterocycles. The fourth-order valence-electron chi connectivity index (χ4n) is 3.48. The van der Waals surface area contributed by atoms with Crippen molar-refractivity contribution in [2.75, 3.05) is 0 Å². The van der Waals surface area contributed by atoms with E-state index in [0.29, 0.717) is 12.8 Å². The maximum absolute atomic E-state index is 12.5. The number of aryl methyl sites for hydroxylation is 1. The van der Waals surface area contributed by atoms with Crippen molar-refractivity contribution in [3.05, 3.63) is 35.4 Å². The van der Waals surface area contributed by atoms with Gasteiger partial charge < -0.3 is 10.4 Å². The summed E-state index contributed by atoms with van der Waals surface area (Å²) in [4.78, 5) is 23.7. The number of hydrogen-bond acceptors (Lipinski definition) is 3. The highest BCUT2D eigenvalue weighted by molar-refractivity contribution is 6.00. The van der Waals surface area contributed by atoms with E-state index in [2.05, 4.69) is 5.32 Å². The Balaban J connectivity index is 1.60. The van der Waals surface area contributed by atoms with Crippen LogP contribution in [0.5, 0.6) is 0 Å². The molecular formula is C17H21NO3. The number of amides is 1. The number of fused-ring (bicyclic) bond motifs is 1. The molecule has 1 aliphatic heterocycles. The van der Waals surface area contributed by atoms with Crippen LogP contribution in [0.25, 0.3) is 0 Å². The molecule has 1 aromatic carbocycles. The van der Waals surface area contributed by atoms with Crippen molar-refractivity contribution in [3.63, 3.8) is 0 Å². The number of nitrogens with one attached hydrogen (secondary N) is 1. The number of rotatable bonds is 3. The van der Waals surface area contributed by atoms with Crippen molar-refractivity contribution in [2.45, 2.75) is 44.8 Å². The lowest BCUT2D eigenvalue weighted by atomic mass is 9.78. The summed E-state index contributed by atoms with van der Waals surface area (Å²) in [5.41, 5.74) is 2.02. The lowest BCUT2D eigenvalue weighted by Crippen LogP contribution is -2.44. The lowest BCUT2D eigenvalue weighted by molar-refractivity contribution is -0.129. The maximum atomic E-state index is 12.5. The Bertz CT molecular complexity index is 555. The van der Waals surface area contributed by atoms with E-state index < -0.39 is 6.23 Å². The van der Waals surface area contributed by atoms with Crippen molar-refractivity contribution in [3.8, 4) is 0 Å². The van der Waals surface area contributed by atoms with E-state index in [4.69, 9.17) is 0 Å². The number of carbonyl (C=O) groups excluding carboxylic acids is 2. The highest BCUT2D eigenvalue weighted by Gasteiger charge is 2.31. The molecule has 1 heterocycles. The van der Waals surface area contributed by atoms with Crippen molar-refractivity contribution in [1.29, 1.82) is 0 Å². The van der Waals surface area contributed by atoms with Gasteiger partial charge in [0.25, 0.3) is 0 Å². The quantitative estimate of drug-likeness (QED) is 0.894. The number of ketones is 1. The average molecular weight is 287 g/mol. The van der Waals surface area contributed by atoms with Crippen LogP contribution in [0, 0.1) is 11.8 Å². The van der Waals surface area contributed by atoms with Crippen LogP contribution in [-0.2, 0) is 11.2 Å². The molecule has 0 bridgehead atoms. The average Bonchev–Trinajstić information content (AvgIpc) is 2.48. The van der Waals surface area contributed by atoms with Crippen LogP contribution in [0.3, 0.4) is 0 Å². The van der Waals surface area contributed by atoms with Crippen LogP contribution < -0.4 is 5.32 Å². The zero-order valence-corrected chi connectivity index (χ0v) is 12.0. The van der Waals surface area contributed by atoms with Gasteiger partial charge in [-0.15, -0.1) is 0 Å². The van der Waals surface area contributed by atoms with Gasteiger partial charge in [0, 0.05) is 23.8 Å². The summed E-state index contributed by atoms with van der Waals surface area (Å²) in [6.07, 6.45) is 3.87. The number of piperidine rings is 1. The Hall–Kier alpha value is -1.68. The van der Waals surface area contributed by atoms with Gasteiger partial charge in [-0.1, -0.05) is 24.3 Å². The largest absolute Gasteiger partial charge is 0.373 e. The summed E-state index contributed by atoms with van der Waals surface area (Å²) >= 11 is 0. The Morgan fingerprint density at radius 1 is 1.10 bits per heavy atom. The zero-order valence-electron chi connectivity index (χ0n) is 12.0. The summed E-state index contributed by atoms with van der Waals surface area (Å²) in [6.45, 7) is 0. The van der Waals surface area contributed by atoms with Gasteiger partial charge in [-0.3, -0.25) is 9.59 Å². The van der Waals surface area contributed by atoms with Crippen molar-refractivity contribution < 1.29 is 14.7 Å². The molecule has 3 atom stereocenters. The third-order valence-corrected chi connectivity index (χ3v) is 4.80. The number of hydrogen-bond donors (Lipinski definition) is 2. The van der Waals surface area contributed by atoms with Crippen LogP contribution in [-0.4, -0.2) is 23.0 Å². The van der Waals surface area contributed by atoms with Crippen LogP contribution in [0.15, 0.2) is 24.3 Å². The van der Waals surface area contributed by atoms with Gasteiger partial charge in [-0.05, 0) is 37.7 Å². The van der Waals surface area contributed by atoms with Crippen molar-refractivity contribution >= 4 is 11.7 Å². The normalized spacial score (nSPS) is 28.9. The van der Waals surface area contributed by atoms with E-state index in [-0.39, 0.29) is 23.5 Å². The molecule has 2 aliphatic rings. The standard InChI is InChI=1S/C17H21NO3/c19-15-10-9-13(17(21)18-15)8-7-12-6-5-11-3-1-2-4-14(11)16(12)20/h1-4,12-13,17,21H,5-10H2,(H,18,19). The molecule has 1 amide bonds. The Labute approximate surface area is 124 Å². The minimum absolute atomic E-state index is 0.0599. The van der Waals surface area contributed by atoms with Crippen LogP contribution in [0.2, 0.25) is 0 Å². The summed E-state index contributed by atoms with van der Waals surface area (Å²) < 4.78 is 0. The first kappa shape index (κ1) is 14.3. The van der Waals surface area contributed by atoms with E-state index in [1.54, 1.807) is 0 Å². The number of carbonyl (C=O) groups is 2. The number of benzene rings is 1. The monoisotopic (exact) mass is 287 g/mol. The molecule has 1 aliphatic carbocycles. The summed E-state index contributed by atoms with van der Waals surface area (Å²) in [6, 6.07) is 7.84. The molecule has 4 nitrogen and oxygen atoms in total. The molecule has 112 valence electrons. The summed E-state index contributed by atoms with van der Waals surface area (Å²) in [5.74, 6) is 0.296. The molecule has 2 N–H and O–H groups in total. The van der Waals surface area contributed by atoms with E-state index >= 15 is 0 Å². The smallest absolute Gasteiger partial charge is 0.221 e. The van der Waals surface area contributed by atoms with E-state index in [0.717, 1.165) is 36.8 Å². The van der Waals surface area contributed by atoms with Gasteiger partial charge in [-0.25, -0.2) is 0 Å². The molecule has 0 spiro atoms. The molecule has 1 fully saturated rings. The third kappa shape index (κ3) is 3.00. The van der Waals surface area contributed by atoms with Crippen LogP contribution in [0.4, 0.5) is 0 Å².